The molecule has 0 saturated carbocycles. The fourth-order valence-electron chi connectivity index (χ4n) is 3.12. The molecule has 0 aliphatic carbocycles. The Morgan fingerprint density at radius 3 is 2.03 bits per heavy atom. The number of carbonyl (C=O) groups excluding carboxylic acids is 1. The molecule has 0 aromatic heterocycles. The Balaban J connectivity index is 2.28. The van der Waals surface area contributed by atoms with Crippen LogP contribution in [0.4, 0.5) is 30.7 Å². The molecule has 0 amide bonds. The molecule has 30 heavy (non-hydrogen) atoms. The van der Waals surface area contributed by atoms with Gasteiger partial charge in [0.1, 0.15) is 16.3 Å². The first-order valence-electron chi connectivity index (χ1n) is 8.92. The van der Waals surface area contributed by atoms with Crippen molar-refractivity contribution in [1.29, 1.82) is 0 Å². The summed E-state index contributed by atoms with van der Waals surface area (Å²) >= 11 is 0. The van der Waals surface area contributed by atoms with Crippen LogP contribution >= 0.6 is 0 Å². The van der Waals surface area contributed by atoms with Gasteiger partial charge in [0.2, 0.25) is 0 Å². The summed E-state index contributed by atoms with van der Waals surface area (Å²) in [5.74, 6) is -13.8. The molecule has 1 aliphatic heterocycles. The molecule has 1 heterocycles. The second-order valence-electron chi connectivity index (χ2n) is 7.21. The monoisotopic (exact) mass is 464 g/mol. The summed E-state index contributed by atoms with van der Waals surface area (Å²) in [5, 5.41) is 0. The molecule has 1 unspecified atom stereocenters. The Morgan fingerprint density at radius 2 is 1.53 bits per heavy atom. The lowest BCUT2D eigenvalue weighted by Crippen LogP contribution is -2.53. The SMILES string of the molecule is O=C(OC(CC1CCS(=O)(=O)CC1)C(F)(F)C(F)(F)CC(F)(F)F)c1ccccc1. The Labute approximate surface area is 168 Å². The summed E-state index contributed by atoms with van der Waals surface area (Å²) in [6.45, 7) is 0. The van der Waals surface area contributed by atoms with Crippen molar-refractivity contribution in [2.24, 2.45) is 5.92 Å². The van der Waals surface area contributed by atoms with E-state index in [9.17, 15) is 43.9 Å². The van der Waals surface area contributed by atoms with E-state index in [0.29, 0.717) is 0 Å². The predicted octanol–water partition coefficient (Wildman–Crippen LogP) is 4.65. The maximum absolute atomic E-state index is 14.5. The van der Waals surface area contributed by atoms with Crippen LogP contribution in [-0.4, -0.2) is 50.0 Å². The summed E-state index contributed by atoms with van der Waals surface area (Å²) in [6.07, 6.45) is -12.7. The van der Waals surface area contributed by atoms with E-state index in [1.165, 1.54) is 30.3 Å². The zero-order chi connectivity index (χ0) is 22.8. The summed E-state index contributed by atoms with van der Waals surface area (Å²) in [5.41, 5.74) is -0.247. The highest BCUT2D eigenvalue weighted by atomic mass is 32.2. The Hall–Kier alpha value is -1.85. The van der Waals surface area contributed by atoms with Gasteiger partial charge in [0, 0.05) is 0 Å². The Bertz CT molecular complexity index is 824. The minimum Gasteiger partial charge on any atom is -0.452 e. The lowest BCUT2D eigenvalue weighted by Gasteiger charge is -2.35. The first-order chi connectivity index (χ1) is 13.6. The van der Waals surface area contributed by atoms with Crippen LogP contribution in [0.2, 0.25) is 0 Å². The van der Waals surface area contributed by atoms with Gasteiger partial charge in [0.25, 0.3) is 0 Å². The van der Waals surface area contributed by atoms with Crippen molar-refractivity contribution < 1.29 is 48.7 Å². The van der Waals surface area contributed by atoms with Crippen molar-refractivity contribution in [1.82, 2.24) is 0 Å². The summed E-state index contributed by atoms with van der Waals surface area (Å²) < 4.78 is 122. The normalized spacial score (nSPS) is 19.3. The molecule has 1 atom stereocenters. The molecule has 0 spiro atoms. The van der Waals surface area contributed by atoms with Crippen LogP contribution in [0.15, 0.2) is 30.3 Å². The number of hydrogen-bond acceptors (Lipinski definition) is 4. The molecule has 12 heteroatoms. The Morgan fingerprint density at radius 1 is 1.00 bits per heavy atom. The number of sulfone groups is 1. The van der Waals surface area contributed by atoms with E-state index in [2.05, 4.69) is 4.74 Å². The maximum atomic E-state index is 14.5. The van der Waals surface area contributed by atoms with Gasteiger partial charge in [-0.25, -0.2) is 13.2 Å². The lowest BCUT2D eigenvalue weighted by atomic mass is 9.90. The fraction of sp³-hybridized carbons (Fsp3) is 0.611. The van der Waals surface area contributed by atoms with Crippen molar-refractivity contribution in [3.8, 4) is 0 Å². The van der Waals surface area contributed by atoms with Crippen molar-refractivity contribution >= 4 is 15.8 Å². The van der Waals surface area contributed by atoms with E-state index in [1.54, 1.807) is 0 Å². The van der Waals surface area contributed by atoms with E-state index < -0.39 is 58.7 Å². The highest BCUT2D eigenvalue weighted by molar-refractivity contribution is 7.91. The fourth-order valence-corrected chi connectivity index (χ4v) is 4.71. The largest absolute Gasteiger partial charge is 0.452 e. The van der Waals surface area contributed by atoms with Crippen molar-refractivity contribution in [2.75, 3.05) is 11.5 Å². The quantitative estimate of drug-likeness (QED) is 0.436. The molecule has 1 aliphatic rings. The number of carbonyl (C=O) groups is 1. The molecule has 1 aromatic rings. The third kappa shape index (κ3) is 6.32. The topological polar surface area (TPSA) is 60.4 Å². The van der Waals surface area contributed by atoms with Gasteiger partial charge in [-0.3, -0.25) is 0 Å². The van der Waals surface area contributed by atoms with Gasteiger partial charge in [0.15, 0.2) is 6.10 Å². The van der Waals surface area contributed by atoms with Crippen LogP contribution in [-0.2, 0) is 14.6 Å². The highest BCUT2D eigenvalue weighted by Crippen LogP contribution is 2.47. The molecule has 4 nitrogen and oxygen atoms in total. The molecule has 0 N–H and O–H groups in total. The number of halogens is 7. The van der Waals surface area contributed by atoms with Crippen LogP contribution in [0, 0.1) is 5.92 Å². The van der Waals surface area contributed by atoms with Crippen molar-refractivity contribution in [2.45, 2.75) is 49.8 Å². The first-order valence-corrected chi connectivity index (χ1v) is 10.7. The summed E-state index contributed by atoms with van der Waals surface area (Å²) in [6, 6.07) is 6.53. The van der Waals surface area contributed by atoms with Crippen molar-refractivity contribution in [3.63, 3.8) is 0 Å². The number of hydrogen-bond donors (Lipinski definition) is 0. The maximum Gasteiger partial charge on any atom is 0.395 e. The molecule has 170 valence electrons. The van der Waals surface area contributed by atoms with Gasteiger partial charge < -0.3 is 4.74 Å². The first kappa shape index (κ1) is 24.4. The molecule has 2 rings (SSSR count). The van der Waals surface area contributed by atoms with Gasteiger partial charge in [-0.1, -0.05) is 18.2 Å². The van der Waals surface area contributed by atoms with Gasteiger partial charge in [0.05, 0.1) is 17.1 Å². The number of ether oxygens (including phenoxy) is 1. The van der Waals surface area contributed by atoms with Crippen LogP contribution in [0.3, 0.4) is 0 Å². The molecule has 0 radical (unpaired) electrons. The minimum absolute atomic E-state index is 0.150. The lowest BCUT2D eigenvalue weighted by molar-refractivity contribution is -0.291. The summed E-state index contributed by atoms with van der Waals surface area (Å²) in [7, 11) is -3.40. The van der Waals surface area contributed by atoms with Crippen LogP contribution in [0.5, 0.6) is 0 Å². The number of rotatable bonds is 7. The highest BCUT2D eigenvalue weighted by Gasteiger charge is 2.66. The number of alkyl halides is 7. The zero-order valence-corrected chi connectivity index (χ0v) is 16.3. The third-order valence-electron chi connectivity index (χ3n) is 4.79. The van der Waals surface area contributed by atoms with Gasteiger partial charge >= 0.3 is 24.0 Å². The van der Waals surface area contributed by atoms with Gasteiger partial charge in [-0.15, -0.1) is 0 Å². The third-order valence-corrected chi connectivity index (χ3v) is 6.51. The second-order valence-corrected chi connectivity index (χ2v) is 9.51. The molecular weight excluding hydrogens is 445 g/mol. The molecule has 1 aromatic carbocycles. The summed E-state index contributed by atoms with van der Waals surface area (Å²) in [4.78, 5) is 12.1. The van der Waals surface area contributed by atoms with E-state index in [0.717, 1.165) is 0 Å². The van der Waals surface area contributed by atoms with Gasteiger partial charge in [-0.2, -0.15) is 30.7 Å². The molecule has 1 fully saturated rings. The predicted molar refractivity (Wildman–Crippen MR) is 92.2 cm³/mol. The van der Waals surface area contributed by atoms with Crippen LogP contribution in [0.25, 0.3) is 0 Å². The molecule has 1 saturated heterocycles. The molecular formula is C18H19F7O4S. The zero-order valence-electron chi connectivity index (χ0n) is 15.5. The number of esters is 1. The van der Waals surface area contributed by atoms with Gasteiger partial charge in [-0.05, 0) is 37.3 Å². The average molecular weight is 464 g/mol. The van der Waals surface area contributed by atoms with E-state index in [4.69, 9.17) is 0 Å². The van der Waals surface area contributed by atoms with E-state index >= 15 is 0 Å². The van der Waals surface area contributed by atoms with Crippen LogP contribution in [0.1, 0.15) is 36.0 Å². The number of benzene rings is 1. The van der Waals surface area contributed by atoms with Crippen molar-refractivity contribution in [3.05, 3.63) is 35.9 Å². The second kappa shape index (κ2) is 8.72. The molecule has 0 bridgehead atoms. The smallest absolute Gasteiger partial charge is 0.395 e. The minimum atomic E-state index is -5.58. The Kier molecular flexibility index (Phi) is 7.10. The van der Waals surface area contributed by atoms with E-state index in [1.807, 2.05) is 0 Å². The standard InChI is InChI=1S/C18H19F7O4S/c19-16(20,11-17(21,22)23)18(24,25)14(10-12-6-8-30(27,28)9-7-12)29-15(26)13-4-2-1-3-5-13/h1-5,12,14H,6-11H2. The average Bonchev–Trinajstić information content (AvgIpc) is 2.61. The van der Waals surface area contributed by atoms with E-state index in [-0.39, 0.29) is 29.9 Å². The van der Waals surface area contributed by atoms with Crippen LogP contribution < -0.4 is 0 Å².